The van der Waals surface area contributed by atoms with Crippen LogP contribution < -0.4 is 0 Å². The zero-order valence-electron chi connectivity index (χ0n) is 38.2. The van der Waals surface area contributed by atoms with Gasteiger partial charge in [-0.1, -0.05) is 171 Å². The van der Waals surface area contributed by atoms with Crippen molar-refractivity contribution in [1.82, 2.24) is 0 Å². The smallest absolute Gasteiger partial charge is 0.306 e. The Bertz CT molecular complexity index is 1100. The van der Waals surface area contributed by atoms with E-state index in [1.807, 2.05) is 0 Å². The molecule has 0 aliphatic carbocycles. The van der Waals surface area contributed by atoms with Gasteiger partial charge < -0.3 is 39.4 Å². The molecule has 1 fully saturated rings. The van der Waals surface area contributed by atoms with E-state index < -0.39 is 43.4 Å². The highest BCUT2D eigenvalue weighted by Gasteiger charge is 2.44. The topological polar surface area (TPSA) is 135 Å². The molecule has 0 amide bonds. The standard InChI is InChI=1S/C51H90O9/c1-3-5-7-9-11-13-15-17-19-20-21-22-23-24-25-27-29-31-33-35-37-39-41-57-43-45(44-58-51-50(56)49(55)48(54)46(42-52)60-51)59-47(53)40-38-36-34-32-30-28-26-18-16-14-12-10-8-6-4-2/h5,7,11,13,17-19,21-22,26,45-46,48-52,54-56H,3-4,6,8-10,12,14-16,20,23-25,27-44H2,1-2H3/b7-5-,13-11-,19-17-,22-21-,26-18-. The quantitative estimate of drug-likeness (QED) is 0.0269. The van der Waals surface area contributed by atoms with Gasteiger partial charge in [0.25, 0.3) is 0 Å². The maximum absolute atomic E-state index is 12.8. The fourth-order valence-corrected chi connectivity index (χ4v) is 7.12. The van der Waals surface area contributed by atoms with Crippen LogP contribution in [0.15, 0.2) is 60.8 Å². The van der Waals surface area contributed by atoms with Crippen molar-refractivity contribution in [2.75, 3.05) is 26.4 Å². The van der Waals surface area contributed by atoms with Crippen LogP contribution in [0.2, 0.25) is 0 Å². The van der Waals surface area contributed by atoms with E-state index in [1.165, 1.54) is 96.3 Å². The van der Waals surface area contributed by atoms with E-state index in [2.05, 4.69) is 74.6 Å². The van der Waals surface area contributed by atoms with Gasteiger partial charge in [-0.2, -0.15) is 0 Å². The van der Waals surface area contributed by atoms with Crippen molar-refractivity contribution in [2.24, 2.45) is 0 Å². The first-order chi connectivity index (χ1) is 29.4. The third kappa shape index (κ3) is 32.6. The van der Waals surface area contributed by atoms with E-state index >= 15 is 0 Å². The van der Waals surface area contributed by atoms with Crippen molar-refractivity contribution in [1.29, 1.82) is 0 Å². The first kappa shape index (κ1) is 55.9. The average Bonchev–Trinajstić information content (AvgIpc) is 3.25. The molecule has 0 saturated carbocycles. The number of unbranched alkanes of at least 4 members (excludes halogenated alkanes) is 20. The summed E-state index contributed by atoms with van der Waals surface area (Å²) in [6.45, 7) is 4.42. The first-order valence-electron chi connectivity index (χ1n) is 24.4. The molecule has 348 valence electrons. The number of ether oxygens (including phenoxy) is 4. The number of allylic oxidation sites excluding steroid dienone is 10. The molecule has 0 bridgehead atoms. The van der Waals surface area contributed by atoms with Crippen LogP contribution in [-0.4, -0.2) is 89.6 Å². The van der Waals surface area contributed by atoms with Crippen molar-refractivity contribution in [2.45, 2.75) is 230 Å². The van der Waals surface area contributed by atoms with Crippen molar-refractivity contribution in [3.63, 3.8) is 0 Å². The third-order valence-electron chi connectivity index (χ3n) is 10.9. The minimum absolute atomic E-state index is 0.121. The molecule has 1 aliphatic heterocycles. The van der Waals surface area contributed by atoms with Crippen molar-refractivity contribution in [3.05, 3.63) is 60.8 Å². The summed E-state index contributed by atoms with van der Waals surface area (Å²) >= 11 is 0. The predicted octanol–water partition coefficient (Wildman–Crippen LogP) is 11.5. The van der Waals surface area contributed by atoms with Gasteiger partial charge in [0.2, 0.25) is 0 Å². The summed E-state index contributed by atoms with van der Waals surface area (Å²) in [5.74, 6) is -0.326. The fourth-order valence-electron chi connectivity index (χ4n) is 7.12. The number of carbonyl (C=O) groups is 1. The molecule has 4 N–H and O–H groups in total. The van der Waals surface area contributed by atoms with Gasteiger partial charge in [0, 0.05) is 13.0 Å². The lowest BCUT2D eigenvalue weighted by Gasteiger charge is -2.39. The van der Waals surface area contributed by atoms with Gasteiger partial charge in [-0.25, -0.2) is 0 Å². The second kappa shape index (κ2) is 42.2. The van der Waals surface area contributed by atoms with Crippen LogP contribution in [0.1, 0.15) is 194 Å². The minimum atomic E-state index is -1.54. The molecule has 6 atom stereocenters. The molecule has 9 heteroatoms. The van der Waals surface area contributed by atoms with E-state index in [0.29, 0.717) is 13.0 Å². The van der Waals surface area contributed by atoms with Crippen LogP contribution in [0.3, 0.4) is 0 Å². The van der Waals surface area contributed by atoms with Crippen LogP contribution in [0.25, 0.3) is 0 Å². The second-order valence-corrected chi connectivity index (χ2v) is 16.5. The number of aliphatic hydroxyl groups is 4. The normalized spacial score (nSPS) is 20.5. The number of carbonyl (C=O) groups excluding carboxylic acids is 1. The zero-order valence-corrected chi connectivity index (χ0v) is 38.2. The van der Waals surface area contributed by atoms with Gasteiger partial charge in [0.05, 0.1) is 19.8 Å². The summed E-state index contributed by atoms with van der Waals surface area (Å²) in [6.07, 6.45) is 46.7. The van der Waals surface area contributed by atoms with Gasteiger partial charge in [-0.05, 0) is 77.0 Å². The summed E-state index contributed by atoms with van der Waals surface area (Å²) in [5.41, 5.74) is 0. The summed E-state index contributed by atoms with van der Waals surface area (Å²) < 4.78 is 22.8. The molecule has 60 heavy (non-hydrogen) atoms. The van der Waals surface area contributed by atoms with Crippen molar-refractivity contribution >= 4 is 5.97 Å². The monoisotopic (exact) mass is 847 g/mol. The third-order valence-corrected chi connectivity index (χ3v) is 10.9. The summed E-state index contributed by atoms with van der Waals surface area (Å²) in [4.78, 5) is 12.8. The number of esters is 1. The van der Waals surface area contributed by atoms with Gasteiger partial charge >= 0.3 is 5.97 Å². The molecule has 1 saturated heterocycles. The largest absolute Gasteiger partial charge is 0.457 e. The summed E-state index contributed by atoms with van der Waals surface area (Å²) in [5, 5.41) is 40.2. The molecule has 0 radical (unpaired) electrons. The van der Waals surface area contributed by atoms with Crippen LogP contribution >= 0.6 is 0 Å². The van der Waals surface area contributed by atoms with E-state index in [4.69, 9.17) is 18.9 Å². The van der Waals surface area contributed by atoms with Gasteiger partial charge in [0.1, 0.15) is 30.5 Å². The molecule has 0 aromatic carbocycles. The summed E-state index contributed by atoms with van der Waals surface area (Å²) in [6, 6.07) is 0. The lowest BCUT2D eigenvalue weighted by Crippen LogP contribution is -2.59. The Morgan fingerprint density at radius 1 is 0.550 bits per heavy atom. The molecule has 1 rings (SSSR count). The average molecular weight is 847 g/mol. The Balaban J connectivity index is 2.23. The molecular formula is C51H90O9. The van der Waals surface area contributed by atoms with Gasteiger partial charge in [-0.3, -0.25) is 4.79 Å². The maximum atomic E-state index is 12.8. The molecular weight excluding hydrogens is 757 g/mol. The van der Waals surface area contributed by atoms with E-state index in [-0.39, 0.29) is 19.2 Å². The molecule has 9 nitrogen and oxygen atoms in total. The highest BCUT2D eigenvalue weighted by molar-refractivity contribution is 5.69. The van der Waals surface area contributed by atoms with Gasteiger partial charge in [0.15, 0.2) is 6.29 Å². The van der Waals surface area contributed by atoms with Crippen molar-refractivity contribution in [3.8, 4) is 0 Å². The van der Waals surface area contributed by atoms with Crippen LogP contribution in [0, 0.1) is 0 Å². The van der Waals surface area contributed by atoms with Crippen LogP contribution in [0.4, 0.5) is 0 Å². The highest BCUT2D eigenvalue weighted by Crippen LogP contribution is 2.22. The SMILES string of the molecule is CC/C=C\C/C=C\C/C=C\C/C=C\CCCCCCCCCCCOCC(COC1OC(CO)C(O)C(O)C1O)OC(=O)CCCCCCC/C=C\CCCCCCCC. The molecule has 0 aromatic rings. The Morgan fingerprint density at radius 2 is 1.02 bits per heavy atom. The number of rotatable bonds is 41. The van der Waals surface area contributed by atoms with E-state index in [9.17, 15) is 25.2 Å². The summed E-state index contributed by atoms with van der Waals surface area (Å²) in [7, 11) is 0. The number of hydrogen-bond donors (Lipinski definition) is 4. The van der Waals surface area contributed by atoms with Gasteiger partial charge in [-0.15, -0.1) is 0 Å². The number of hydrogen-bond acceptors (Lipinski definition) is 9. The Kier molecular flexibility index (Phi) is 39.3. The Hall–Kier alpha value is -2.11. The lowest BCUT2D eigenvalue weighted by molar-refractivity contribution is -0.305. The maximum Gasteiger partial charge on any atom is 0.306 e. The van der Waals surface area contributed by atoms with Crippen LogP contribution in [0.5, 0.6) is 0 Å². The molecule has 1 aliphatic rings. The minimum Gasteiger partial charge on any atom is -0.457 e. The number of aliphatic hydroxyl groups excluding tert-OH is 4. The fraction of sp³-hybridized carbons (Fsp3) is 0.784. The predicted molar refractivity (Wildman–Crippen MR) is 247 cm³/mol. The molecule has 0 aromatic heterocycles. The Labute approximate surface area is 366 Å². The zero-order chi connectivity index (χ0) is 43.6. The lowest BCUT2D eigenvalue weighted by atomic mass is 9.99. The van der Waals surface area contributed by atoms with E-state index in [0.717, 1.165) is 77.0 Å². The molecule has 0 spiro atoms. The second-order valence-electron chi connectivity index (χ2n) is 16.5. The van der Waals surface area contributed by atoms with E-state index in [1.54, 1.807) is 0 Å². The Morgan fingerprint density at radius 3 is 1.55 bits per heavy atom. The molecule has 1 heterocycles. The van der Waals surface area contributed by atoms with Crippen molar-refractivity contribution < 1.29 is 44.2 Å². The highest BCUT2D eigenvalue weighted by atomic mass is 16.7. The van der Waals surface area contributed by atoms with Crippen LogP contribution in [-0.2, 0) is 23.7 Å². The molecule has 6 unspecified atom stereocenters. The first-order valence-corrected chi connectivity index (χ1v) is 24.4.